The van der Waals surface area contributed by atoms with E-state index in [9.17, 15) is 14.4 Å². The zero-order valence-electron chi connectivity index (χ0n) is 9.21. The van der Waals surface area contributed by atoms with Crippen LogP contribution in [0.2, 0.25) is 0 Å². The van der Waals surface area contributed by atoms with E-state index in [0.29, 0.717) is 12.8 Å². The first-order valence-corrected chi connectivity index (χ1v) is 5.29. The maximum atomic E-state index is 11.8. The minimum absolute atomic E-state index is 0.540. The molecule has 0 aromatic heterocycles. The van der Waals surface area contributed by atoms with Crippen LogP contribution in [0.15, 0.2) is 0 Å². The molecule has 0 unspecified atom stereocenters. The molecule has 0 radical (unpaired) electrons. The lowest BCUT2D eigenvalue weighted by Gasteiger charge is -2.34. The zero-order chi connectivity index (χ0) is 12.2. The first kappa shape index (κ1) is 12.6. The number of hydrogen-bond donors (Lipinski definition) is 3. The largest absolute Gasteiger partial charge is 0.474 e. The maximum Gasteiger partial charge on any atom is 0.394 e. The Kier molecular flexibility index (Phi) is 4.00. The molecule has 16 heavy (non-hydrogen) atoms. The molecule has 90 valence electrons. The molecule has 0 aliphatic heterocycles. The van der Waals surface area contributed by atoms with Crippen LogP contribution in [0.3, 0.4) is 0 Å². The third-order valence-corrected chi connectivity index (χ3v) is 3.04. The molecule has 0 aromatic carbocycles. The quantitative estimate of drug-likeness (QED) is 0.561. The van der Waals surface area contributed by atoms with Crippen LogP contribution in [0.25, 0.3) is 0 Å². The van der Waals surface area contributed by atoms with Crippen LogP contribution in [0.5, 0.6) is 0 Å². The summed E-state index contributed by atoms with van der Waals surface area (Å²) in [4.78, 5) is 33.0. The molecule has 0 atom stereocenters. The van der Waals surface area contributed by atoms with Gasteiger partial charge in [0.15, 0.2) is 0 Å². The van der Waals surface area contributed by atoms with Crippen molar-refractivity contribution in [1.29, 1.82) is 0 Å². The molecule has 3 N–H and O–H groups in total. The lowest BCUT2D eigenvalue weighted by molar-refractivity contribution is -0.152. The van der Waals surface area contributed by atoms with Gasteiger partial charge in [0.25, 0.3) is 0 Å². The average Bonchev–Trinajstić information content (AvgIpc) is 2.29. The molecule has 2 amide bonds. The Morgan fingerprint density at radius 3 is 2.12 bits per heavy atom. The summed E-state index contributed by atoms with van der Waals surface area (Å²) >= 11 is 0. The van der Waals surface area contributed by atoms with Crippen LogP contribution < -0.4 is 10.6 Å². The number of carbonyl (C=O) groups is 3. The number of amides is 2. The molecule has 6 heteroatoms. The summed E-state index contributed by atoms with van der Waals surface area (Å²) in [6.45, 7) is 0. The number of aliphatic carboxylic acids is 1. The Bertz CT molecular complexity index is 308. The summed E-state index contributed by atoms with van der Waals surface area (Å²) in [7, 11) is 1.65. The van der Waals surface area contributed by atoms with Gasteiger partial charge in [-0.1, -0.05) is 19.3 Å². The number of carboxylic acid groups (broad SMARTS) is 1. The van der Waals surface area contributed by atoms with Crippen molar-refractivity contribution in [3.8, 4) is 0 Å². The van der Waals surface area contributed by atoms with Crippen molar-refractivity contribution in [1.82, 2.24) is 10.6 Å². The van der Waals surface area contributed by atoms with Crippen LogP contribution in [0.1, 0.15) is 32.1 Å². The SMILES string of the molecule is CNC1(C(=O)NC(=O)C(=O)O)CCCCC1. The Hall–Kier alpha value is -1.43. The summed E-state index contributed by atoms with van der Waals surface area (Å²) in [5.41, 5.74) is -0.788. The third-order valence-electron chi connectivity index (χ3n) is 3.04. The number of rotatable bonds is 2. The first-order valence-electron chi connectivity index (χ1n) is 5.29. The van der Waals surface area contributed by atoms with Gasteiger partial charge in [0.05, 0.1) is 5.54 Å². The number of hydrogen-bond acceptors (Lipinski definition) is 4. The zero-order valence-corrected chi connectivity index (χ0v) is 9.21. The van der Waals surface area contributed by atoms with Crippen LogP contribution in [0, 0.1) is 0 Å². The Morgan fingerprint density at radius 1 is 1.12 bits per heavy atom. The van der Waals surface area contributed by atoms with E-state index in [1.54, 1.807) is 7.05 Å². The van der Waals surface area contributed by atoms with Crippen molar-refractivity contribution in [2.45, 2.75) is 37.6 Å². The Balaban J connectivity index is 2.69. The predicted molar refractivity (Wildman–Crippen MR) is 55.7 cm³/mol. The van der Waals surface area contributed by atoms with E-state index in [-0.39, 0.29) is 0 Å². The molecular weight excluding hydrogens is 212 g/mol. The minimum atomic E-state index is -1.64. The molecule has 1 aliphatic rings. The van der Waals surface area contributed by atoms with Crippen LogP contribution in [-0.4, -0.2) is 35.5 Å². The monoisotopic (exact) mass is 228 g/mol. The highest BCUT2D eigenvalue weighted by atomic mass is 16.4. The van der Waals surface area contributed by atoms with Crippen LogP contribution in [-0.2, 0) is 14.4 Å². The summed E-state index contributed by atoms with van der Waals surface area (Å²) < 4.78 is 0. The molecule has 1 fully saturated rings. The number of nitrogens with one attached hydrogen (secondary N) is 2. The van der Waals surface area contributed by atoms with E-state index >= 15 is 0 Å². The second kappa shape index (κ2) is 5.07. The predicted octanol–water partition coefficient (Wildman–Crippen LogP) is -0.364. The maximum absolute atomic E-state index is 11.8. The van der Waals surface area contributed by atoms with E-state index in [2.05, 4.69) is 5.32 Å². The van der Waals surface area contributed by atoms with Gasteiger partial charge in [-0.05, 0) is 19.9 Å². The molecule has 6 nitrogen and oxygen atoms in total. The number of imide groups is 1. The molecule has 0 aromatic rings. The van der Waals surface area contributed by atoms with E-state index in [1.165, 1.54) is 0 Å². The van der Waals surface area contributed by atoms with Gasteiger partial charge >= 0.3 is 11.9 Å². The normalized spacial score (nSPS) is 18.8. The first-order chi connectivity index (χ1) is 7.52. The van der Waals surface area contributed by atoms with E-state index in [1.807, 2.05) is 5.32 Å². The average molecular weight is 228 g/mol. The lowest BCUT2D eigenvalue weighted by Crippen LogP contribution is -2.58. The van der Waals surface area contributed by atoms with Crippen molar-refractivity contribution < 1.29 is 19.5 Å². The lowest BCUT2D eigenvalue weighted by atomic mass is 9.81. The third kappa shape index (κ3) is 2.57. The number of likely N-dealkylation sites (N-methyl/N-ethyl adjacent to an activating group) is 1. The topological polar surface area (TPSA) is 95.5 Å². The summed E-state index contributed by atoms with van der Waals surface area (Å²) in [5, 5.41) is 13.2. The summed E-state index contributed by atoms with van der Waals surface area (Å²) in [6.07, 6.45) is 4.11. The summed E-state index contributed by atoms with van der Waals surface area (Å²) in [5.74, 6) is -3.46. The van der Waals surface area contributed by atoms with Crippen molar-refractivity contribution in [2.24, 2.45) is 0 Å². The second-order valence-corrected chi connectivity index (χ2v) is 3.98. The molecule has 1 rings (SSSR count). The molecule has 0 heterocycles. The van der Waals surface area contributed by atoms with Gasteiger partial charge in [-0.25, -0.2) is 4.79 Å². The van der Waals surface area contributed by atoms with Gasteiger partial charge in [0.1, 0.15) is 0 Å². The van der Waals surface area contributed by atoms with E-state index in [4.69, 9.17) is 5.11 Å². The summed E-state index contributed by atoms with van der Waals surface area (Å²) in [6, 6.07) is 0. The minimum Gasteiger partial charge on any atom is -0.474 e. The number of carbonyl (C=O) groups excluding carboxylic acids is 2. The molecule has 0 bridgehead atoms. The standard InChI is InChI=1S/C10H16N2O4/c1-11-10(5-3-2-4-6-10)9(16)12-7(13)8(14)15/h11H,2-6H2,1H3,(H,14,15)(H,12,13,16). The highest BCUT2D eigenvalue weighted by Crippen LogP contribution is 2.27. The molecule has 1 saturated carbocycles. The Morgan fingerprint density at radius 2 is 1.69 bits per heavy atom. The van der Waals surface area contributed by atoms with Gasteiger partial charge in [-0.15, -0.1) is 0 Å². The second-order valence-electron chi connectivity index (χ2n) is 3.98. The molecular formula is C10H16N2O4. The highest BCUT2D eigenvalue weighted by Gasteiger charge is 2.39. The van der Waals surface area contributed by atoms with Gasteiger partial charge < -0.3 is 10.4 Å². The van der Waals surface area contributed by atoms with Crippen molar-refractivity contribution in [3.05, 3.63) is 0 Å². The fourth-order valence-electron chi connectivity index (χ4n) is 2.02. The van der Waals surface area contributed by atoms with Gasteiger partial charge in [-0.2, -0.15) is 0 Å². The van der Waals surface area contributed by atoms with Crippen molar-refractivity contribution in [3.63, 3.8) is 0 Å². The van der Waals surface area contributed by atoms with Gasteiger partial charge in [-0.3, -0.25) is 14.9 Å². The van der Waals surface area contributed by atoms with E-state index < -0.39 is 23.3 Å². The van der Waals surface area contributed by atoms with E-state index in [0.717, 1.165) is 19.3 Å². The van der Waals surface area contributed by atoms with Gasteiger partial charge in [0, 0.05) is 0 Å². The molecule has 1 aliphatic carbocycles. The van der Waals surface area contributed by atoms with Crippen molar-refractivity contribution >= 4 is 17.8 Å². The Labute approximate surface area is 93.4 Å². The van der Waals surface area contributed by atoms with Gasteiger partial charge in [0.2, 0.25) is 5.91 Å². The van der Waals surface area contributed by atoms with Crippen LogP contribution >= 0.6 is 0 Å². The fourth-order valence-corrected chi connectivity index (χ4v) is 2.02. The molecule has 0 saturated heterocycles. The molecule has 0 spiro atoms. The smallest absolute Gasteiger partial charge is 0.394 e. The van der Waals surface area contributed by atoms with Crippen molar-refractivity contribution in [2.75, 3.05) is 7.05 Å². The highest BCUT2D eigenvalue weighted by molar-refractivity contribution is 6.35. The fraction of sp³-hybridized carbons (Fsp3) is 0.700. The number of carboxylic acids is 1. The van der Waals surface area contributed by atoms with Crippen LogP contribution in [0.4, 0.5) is 0 Å².